The molecule has 4 N–H and O–H groups in total. The number of nitrogens with zero attached hydrogens (tertiary/aromatic N) is 8. The molecule has 36 heavy (non-hydrogen) atoms. The number of aromatic nitrogens is 4. The first-order chi connectivity index (χ1) is 17.3. The van der Waals surface area contributed by atoms with Crippen LogP contribution in [0.15, 0.2) is 25.0 Å². The first-order valence-electron chi connectivity index (χ1n) is 11.4. The standard InChI is InChI=1S/C20H24N10O6/c31-17(32)13(1-11-3-21-5-23-11)25-7-27-15-16-29(19(27)35)9-26(10-30(16)20(36)28(15)8-25)14(18(33)34)2-12-4-22-6-24-12/h3-6,13-16H,1-2,7-10H2,(H,21,23)(H,22,24)(H,31,32)(H,33,34). The number of hydrogen-bond acceptors (Lipinski definition) is 8. The Morgan fingerprint density at radius 3 is 1.42 bits per heavy atom. The molecule has 6 heterocycles. The summed E-state index contributed by atoms with van der Waals surface area (Å²) in [5, 5.41) is 19.8. The number of carbonyl (C=O) groups is 4. The van der Waals surface area contributed by atoms with Gasteiger partial charge in [0.15, 0.2) is 12.3 Å². The molecule has 0 saturated carbocycles. The Bertz CT molecular complexity index is 1060. The third kappa shape index (κ3) is 3.36. The van der Waals surface area contributed by atoms with Gasteiger partial charge in [-0.3, -0.25) is 39.0 Å². The number of rotatable bonds is 8. The number of aromatic amines is 2. The number of aliphatic carboxylic acids is 2. The van der Waals surface area contributed by atoms with E-state index in [9.17, 15) is 29.4 Å². The first-order valence-corrected chi connectivity index (χ1v) is 11.4. The minimum absolute atomic E-state index is 0.0235. The summed E-state index contributed by atoms with van der Waals surface area (Å²) in [6.45, 7) is 0.0942. The van der Waals surface area contributed by atoms with Gasteiger partial charge >= 0.3 is 24.0 Å². The summed E-state index contributed by atoms with van der Waals surface area (Å²) < 4.78 is 0. The van der Waals surface area contributed by atoms with Crippen molar-refractivity contribution in [3.63, 3.8) is 0 Å². The molecule has 0 radical (unpaired) electrons. The van der Waals surface area contributed by atoms with E-state index in [0.29, 0.717) is 11.4 Å². The lowest BCUT2D eigenvalue weighted by molar-refractivity contribution is -0.149. The van der Waals surface area contributed by atoms with Crippen molar-refractivity contribution in [2.75, 3.05) is 26.7 Å². The molecular formula is C20H24N10O6. The molecule has 190 valence electrons. The van der Waals surface area contributed by atoms with E-state index in [-0.39, 0.29) is 51.6 Å². The first kappa shape index (κ1) is 22.3. The second-order valence-electron chi connectivity index (χ2n) is 9.28. The summed E-state index contributed by atoms with van der Waals surface area (Å²) >= 11 is 0. The third-order valence-corrected chi connectivity index (χ3v) is 7.25. The second kappa shape index (κ2) is 8.20. The van der Waals surface area contributed by atoms with Crippen molar-refractivity contribution in [1.82, 2.24) is 49.3 Å². The van der Waals surface area contributed by atoms with E-state index >= 15 is 0 Å². The average molecular weight is 500 g/mol. The maximum atomic E-state index is 13.5. The van der Waals surface area contributed by atoms with Crippen molar-refractivity contribution >= 4 is 24.0 Å². The molecule has 0 aromatic carbocycles. The number of carboxylic acid groups (broad SMARTS) is 2. The molecule has 0 aliphatic carbocycles. The van der Waals surface area contributed by atoms with Gasteiger partial charge in [-0.05, 0) is 0 Å². The van der Waals surface area contributed by atoms with Crippen LogP contribution in [0.3, 0.4) is 0 Å². The molecule has 2 aromatic heterocycles. The third-order valence-electron chi connectivity index (χ3n) is 7.25. The number of amides is 4. The van der Waals surface area contributed by atoms with Gasteiger partial charge in [0.2, 0.25) is 0 Å². The number of carboxylic acids is 2. The molecule has 0 bridgehead atoms. The van der Waals surface area contributed by atoms with Crippen LogP contribution in [0, 0.1) is 0 Å². The van der Waals surface area contributed by atoms with E-state index in [2.05, 4.69) is 19.9 Å². The summed E-state index contributed by atoms with van der Waals surface area (Å²) in [7, 11) is 0. The molecule has 4 saturated heterocycles. The molecule has 4 aliphatic rings. The molecule has 4 aliphatic heterocycles. The van der Waals surface area contributed by atoms with Crippen molar-refractivity contribution < 1.29 is 29.4 Å². The Morgan fingerprint density at radius 2 is 1.14 bits per heavy atom. The molecule has 6 rings (SSSR count). The lowest BCUT2D eigenvalue weighted by Gasteiger charge is -2.44. The Balaban J connectivity index is 1.26. The lowest BCUT2D eigenvalue weighted by Crippen LogP contribution is -2.64. The van der Waals surface area contributed by atoms with Crippen molar-refractivity contribution in [2.24, 2.45) is 0 Å². The molecule has 16 heteroatoms. The highest BCUT2D eigenvalue weighted by Gasteiger charge is 2.64. The summed E-state index contributed by atoms with van der Waals surface area (Å²) in [5.74, 6) is -2.15. The molecular weight excluding hydrogens is 476 g/mol. The highest BCUT2D eigenvalue weighted by Crippen LogP contribution is 2.40. The van der Waals surface area contributed by atoms with Crippen molar-refractivity contribution in [3.05, 3.63) is 36.4 Å². The largest absolute Gasteiger partial charge is 0.480 e. The minimum Gasteiger partial charge on any atom is -0.480 e. The van der Waals surface area contributed by atoms with Crippen molar-refractivity contribution in [1.29, 1.82) is 0 Å². The van der Waals surface area contributed by atoms with Crippen molar-refractivity contribution in [2.45, 2.75) is 37.3 Å². The van der Waals surface area contributed by atoms with Crippen LogP contribution in [0.2, 0.25) is 0 Å². The SMILES string of the molecule is O=C(O)C(Cc1cnc[nH]1)N1CN2C(=O)N3CN(C(Cc4cnc[nH]4)C(=O)O)CN4C(=O)N(C1)C2C34. The van der Waals surface area contributed by atoms with Gasteiger partial charge in [-0.2, -0.15) is 0 Å². The number of carbonyl (C=O) groups excluding carboxylic acids is 2. The van der Waals surface area contributed by atoms with Gasteiger partial charge in [-0.1, -0.05) is 0 Å². The van der Waals surface area contributed by atoms with Crippen molar-refractivity contribution in [3.8, 4) is 0 Å². The predicted molar refractivity (Wildman–Crippen MR) is 116 cm³/mol. The average Bonchev–Trinajstić information content (AvgIpc) is 3.64. The van der Waals surface area contributed by atoms with Crippen LogP contribution < -0.4 is 0 Å². The Labute approximate surface area is 203 Å². The summed E-state index contributed by atoms with van der Waals surface area (Å²) in [4.78, 5) is 73.9. The van der Waals surface area contributed by atoms with Crippen LogP contribution in [-0.4, -0.2) is 135 Å². The van der Waals surface area contributed by atoms with E-state index in [1.54, 1.807) is 22.2 Å². The van der Waals surface area contributed by atoms with E-state index < -0.39 is 36.4 Å². The fourth-order valence-electron chi connectivity index (χ4n) is 5.56. The normalized spacial score (nSPS) is 25.4. The van der Waals surface area contributed by atoms with Crippen LogP contribution in [0.4, 0.5) is 9.59 Å². The molecule has 4 amide bonds. The van der Waals surface area contributed by atoms with E-state index in [4.69, 9.17) is 0 Å². The van der Waals surface area contributed by atoms with Gasteiger partial charge in [0.1, 0.15) is 12.1 Å². The monoisotopic (exact) mass is 500 g/mol. The zero-order valence-corrected chi connectivity index (χ0v) is 19.0. The number of urea groups is 2. The highest BCUT2D eigenvalue weighted by molar-refractivity contribution is 5.86. The van der Waals surface area contributed by atoms with Gasteiger partial charge in [0, 0.05) is 36.6 Å². The Morgan fingerprint density at radius 1 is 0.778 bits per heavy atom. The van der Waals surface area contributed by atoms with Gasteiger partial charge in [-0.25, -0.2) is 19.6 Å². The maximum absolute atomic E-state index is 13.5. The van der Waals surface area contributed by atoms with Gasteiger partial charge in [0.05, 0.1) is 39.3 Å². The summed E-state index contributed by atoms with van der Waals surface area (Å²) in [6, 6.07) is -2.73. The van der Waals surface area contributed by atoms with Crippen LogP contribution in [-0.2, 0) is 22.4 Å². The minimum atomic E-state index is -1.08. The molecule has 16 nitrogen and oxygen atoms in total. The van der Waals surface area contributed by atoms with E-state index in [1.807, 2.05) is 0 Å². The highest BCUT2D eigenvalue weighted by atomic mass is 16.4. The maximum Gasteiger partial charge on any atom is 0.325 e. The summed E-state index contributed by atoms with van der Waals surface area (Å²) in [6.07, 6.45) is 5.12. The zero-order chi connectivity index (χ0) is 25.1. The number of imidazole rings is 2. The van der Waals surface area contributed by atoms with Gasteiger partial charge in [-0.15, -0.1) is 0 Å². The fourth-order valence-corrected chi connectivity index (χ4v) is 5.56. The number of hydrogen-bond donors (Lipinski definition) is 4. The molecule has 2 atom stereocenters. The van der Waals surface area contributed by atoms with E-state index in [1.165, 1.54) is 32.3 Å². The molecule has 4 fully saturated rings. The zero-order valence-electron chi connectivity index (χ0n) is 19.0. The summed E-state index contributed by atoms with van der Waals surface area (Å²) in [5.41, 5.74) is 1.25. The number of nitrogens with one attached hydrogen (secondary N) is 2. The molecule has 2 unspecified atom stereocenters. The van der Waals surface area contributed by atoms with Crippen LogP contribution in [0.5, 0.6) is 0 Å². The van der Waals surface area contributed by atoms with Crippen LogP contribution >= 0.6 is 0 Å². The topological polar surface area (TPSA) is 186 Å². The Hall–Kier alpha value is -4.18. The van der Waals surface area contributed by atoms with Gasteiger partial charge < -0.3 is 20.2 Å². The molecule has 2 aromatic rings. The fraction of sp³-hybridized carbons (Fsp3) is 0.500. The van der Waals surface area contributed by atoms with Gasteiger partial charge in [0.25, 0.3) is 0 Å². The quantitative estimate of drug-likeness (QED) is 0.329. The molecule has 0 spiro atoms. The lowest BCUT2D eigenvalue weighted by atomic mass is 10.1. The van der Waals surface area contributed by atoms with Crippen LogP contribution in [0.1, 0.15) is 11.4 Å². The second-order valence-corrected chi connectivity index (χ2v) is 9.28. The Kier molecular flexibility index (Phi) is 5.08. The van der Waals surface area contributed by atoms with E-state index in [0.717, 1.165) is 0 Å². The smallest absolute Gasteiger partial charge is 0.325 e. The predicted octanol–water partition coefficient (Wildman–Crippen LogP) is -1.59. The number of H-pyrrole nitrogens is 2. The van der Waals surface area contributed by atoms with Crippen LogP contribution in [0.25, 0.3) is 0 Å².